The van der Waals surface area contributed by atoms with Crippen molar-refractivity contribution in [3.63, 3.8) is 0 Å². The second-order valence-corrected chi connectivity index (χ2v) is 4.73. The van der Waals surface area contributed by atoms with E-state index in [9.17, 15) is 14.4 Å². The lowest BCUT2D eigenvalue weighted by molar-refractivity contribution is -0.178. The van der Waals surface area contributed by atoms with E-state index in [1.807, 2.05) is 0 Å². The standard InChI is InChI=1S/C6H5Cl3O7/c7-6(8,9)5(15)16-2(4(13)14)1(10)3(11)12/h1-2,10H,(H,11,12)(H,13,14). The minimum absolute atomic E-state index is 1.61. The molecule has 10 heteroatoms. The lowest BCUT2D eigenvalue weighted by Gasteiger charge is -2.18. The summed E-state index contributed by atoms with van der Waals surface area (Å²) in [5.74, 6) is -5.40. The summed E-state index contributed by atoms with van der Waals surface area (Å²) < 4.78 is 1.47. The Morgan fingerprint density at radius 1 is 1.06 bits per heavy atom. The van der Waals surface area contributed by atoms with Crippen LogP contribution in [0.15, 0.2) is 0 Å². The molecule has 0 heterocycles. The van der Waals surface area contributed by atoms with Crippen LogP contribution in [0.5, 0.6) is 0 Å². The van der Waals surface area contributed by atoms with E-state index in [1.165, 1.54) is 0 Å². The molecule has 0 saturated heterocycles. The highest BCUT2D eigenvalue weighted by molar-refractivity contribution is 6.75. The Labute approximate surface area is 103 Å². The van der Waals surface area contributed by atoms with Crippen molar-refractivity contribution < 1.29 is 34.4 Å². The second-order valence-electron chi connectivity index (χ2n) is 2.44. The highest BCUT2D eigenvalue weighted by atomic mass is 35.6. The molecule has 0 saturated carbocycles. The molecule has 0 rings (SSSR count). The third kappa shape index (κ3) is 4.40. The van der Waals surface area contributed by atoms with Crippen LogP contribution < -0.4 is 0 Å². The van der Waals surface area contributed by atoms with Crippen LogP contribution in [-0.4, -0.2) is 49.2 Å². The zero-order chi connectivity index (χ0) is 13.1. The van der Waals surface area contributed by atoms with Crippen LogP contribution in [0.1, 0.15) is 0 Å². The van der Waals surface area contributed by atoms with Gasteiger partial charge in [-0.2, -0.15) is 0 Å². The molecule has 0 fully saturated rings. The van der Waals surface area contributed by atoms with Crippen LogP contribution in [0, 0.1) is 0 Å². The van der Waals surface area contributed by atoms with Crippen LogP contribution in [0.4, 0.5) is 0 Å². The summed E-state index contributed by atoms with van der Waals surface area (Å²) in [6, 6.07) is 0. The van der Waals surface area contributed by atoms with Gasteiger partial charge in [-0.15, -0.1) is 0 Å². The molecule has 7 nitrogen and oxygen atoms in total. The Balaban J connectivity index is 4.79. The summed E-state index contributed by atoms with van der Waals surface area (Å²) in [5.41, 5.74) is 0. The average Bonchev–Trinajstić information content (AvgIpc) is 2.10. The number of carboxylic acids is 2. The summed E-state index contributed by atoms with van der Waals surface area (Å²) >= 11 is 15.2. The number of ether oxygens (including phenoxy) is 1. The molecule has 0 radical (unpaired) electrons. The molecule has 0 aliphatic heterocycles. The van der Waals surface area contributed by atoms with Crippen molar-refractivity contribution in [3.05, 3.63) is 0 Å². The largest absolute Gasteiger partial charge is 0.479 e. The van der Waals surface area contributed by atoms with Gasteiger partial charge in [-0.1, -0.05) is 34.8 Å². The number of aliphatic hydroxyl groups excluding tert-OH is 1. The van der Waals surface area contributed by atoms with Gasteiger partial charge in [0.05, 0.1) is 0 Å². The highest BCUT2D eigenvalue weighted by Crippen LogP contribution is 2.28. The third-order valence-electron chi connectivity index (χ3n) is 1.25. The van der Waals surface area contributed by atoms with Crippen molar-refractivity contribution in [1.29, 1.82) is 0 Å². The van der Waals surface area contributed by atoms with Gasteiger partial charge in [0.15, 0.2) is 6.10 Å². The van der Waals surface area contributed by atoms with Gasteiger partial charge in [0.1, 0.15) is 0 Å². The highest BCUT2D eigenvalue weighted by Gasteiger charge is 2.41. The van der Waals surface area contributed by atoms with Gasteiger partial charge in [-0.25, -0.2) is 14.4 Å². The molecule has 0 amide bonds. The number of alkyl halides is 3. The first kappa shape index (κ1) is 15.2. The normalized spacial score (nSPS) is 15.0. The fraction of sp³-hybridized carbons (Fsp3) is 0.500. The summed E-state index contributed by atoms with van der Waals surface area (Å²) in [6.45, 7) is 0. The minimum Gasteiger partial charge on any atom is -0.479 e. The Hall–Kier alpha value is -0.760. The quantitative estimate of drug-likeness (QED) is 0.485. The van der Waals surface area contributed by atoms with E-state index in [1.54, 1.807) is 0 Å². The molecular formula is C6H5Cl3O7. The van der Waals surface area contributed by atoms with Crippen LogP contribution in [0.2, 0.25) is 0 Å². The number of carbonyl (C=O) groups excluding carboxylic acids is 1. The third-order valence-corrected chi connectivity index (χ3v) is 1.71. The SMILES string of the molecule is O=C(O)C(O)C(OC(=O)C(Cl)(Cl)Cl)C(=O)O. The van der Waals surface area contributed by atoms with Gasteiger partial charge in [-0.05, 0) is 0 Å². The number of aliphatic hydroxyl groups is 1. The Bertz CT molecular complexity index is 310. The smallest absolute Gasteiger partial charge is 0.359 e. The van der Waals surface area contributed by atoms with Gasteiger partial charge in [0, 0.05) is 0 Å². The number of esters is 1. The number of carbonyl (C=O) groups is 3. The summed E-state index contributed by atoms with van der Waals surface area (Å²) in [4.78, 5) is 31.7. The van der Waals surface area contributed by atoms with Gasteiger partial charge < -0.3 is 20.1 Å². The number of hydrogen-bond acceptors (Lipinski definition) is 5. The maximum Gasteiger partial charge on any atom is 0.359 e. The Morgan fingerprint density at radius 3 is 1.75 bits per heavy atom. The molecule has 16 heavy (non-hydrogen) atoms. The number of carboxylic acid groups (broad SMARTS) is 2. The van der Waals surface area contributed by atoms with E-state index in [0.717, 1.165) is 0 Å². The molecule has 2 atom stereocenters. The first-order valence-corrected chi connectivity index (χ1v) is 4.62. The molecule has 0 aromatic rings. The van der Waals surface area contributed by atoms with Crippen LogP contribution >= 0.6 is 34.8 Å². The molecule has 0 aromatic carbocycles. The van der Waals surface area contributed by atoms with Crippen LogP contribution in [-0.2, 0) is 19.1 Å². The van der Waals surface area contributed by atoms with E-state index in [0.29, 0.717) is 0 Å². The monoisotopic (exact) mass is 294 g/mol. The molecule has 0 spiro atoms. The van der Waals surface area contributed by atoms with Crippen molar-refractivity contribution in [1.82, 2.24) is 0 Å². The lowest BCUT2D eigenvalue weighted by atomic mass is 10.2. The van der Waals surface area contributed by atoms with Crippen molar-refractivity contribution >= 4 is 52.7 Å². The molecule has 0 aromatic heterocycles. The first-order valence-electron chi connectivity index (χ1n) is 3.49. The van der Waals surface area contributed by atoms with Crippen molar-refractivity contribution in [2.24, 2.45) is 0 Å². The van der Waals surface area contributed by atoms with E-state index in [-0.39, 0.29) is 0 Å². The maximum absolute atomic E-state index is 10.9. The predicted octanol–water partition coefficient (Wildman–Crippen LogP) is -0.201. The lowest BCUT2D eigenvalue weighted by Crippen LogP contribution is -2.44. The van der Waals surface area contributed by atoms with Crippen molar-refractivity contribution in [2.75, 3.05) is 0 Å². The second kappa shape index (κ2) is 5.53. The van der Waals surface area contributed by atoms with E-state index in [4.69, 9.17) is 50.1 Å². The number of rotatable bonds is 4. The molecule has 3 N–H and O–H groups in total. The fourth-order valence-electron chi connectivity index (χ4n) is 0.562. The zero-order valence-corrected chi connectivity index (χ0v) is 9.53. The topological polar surface area (TPSA) is 121 Å². The molecule has 2 unspecified atom stereocenters. The first-order chi connectivity index (χ1) is 7.07. The maximum atomic E-state index is 10.9. The van der Waals surface area contributed by atoms with Crippen LogP contribution in [0.3, 0.4) is 0 Å². The number of halogens is 3. The summed E-state index contributed by atoms with van der Waals surface area (Å²) in [6.07, 6.45) is -4.82. The fourth-order valence-corrected chi connectivity index (χ4v) is 0.695. The minimum atomic E-state index is -2.56. The Kier molecular flexibility index (Phi) is 5.27. The Morgan fingerprint density at radius 2 is 1.50 bits per heavy atom. The number of aliphatic carboxylic acids is 2. The average molecular weight is 295 g/mol. The molecule has 0 bridgehead atoms. The van der Waals surface area contributed by atoms with Crippen LogP contribution in [0.25, 0.3) is 0 Å². The van der Waals surface area contributed by atoms with E-state index >= 15 is 0 Å². The van der Waals surface area contributed by atoms with Gasteiger partial charge in [-0.3, -0.25) is 0 Å². The predicted molar refractivity (Wildman–Crippen MR) is 51.4 cm³/mol. The van der Waals surface area contributed by atoms with Gasteiger partial charge in [0.2, 0.25) is 6.10 Å². The number of hydrogen-bond donors (Lipinski definition) is 3. The van der Waals surface area contributed by atoms with E-state index in [2.05, 4.69) is 4.74 Å². The zero-order valence-electron chi connectivity index (χ0n) is 7.26. The van der Waals surface area contributed by atoms with Crippen molar-refractivity contribution in [3.8, 4) is 0 Å². The van der Waals surface area contributed by atoms with Gasteiger partial charge in [0.25, 0.3) is 3.79 Å². The van der Waals surface area contributed by atoms with E-state index < -0.39 is 33.9 Å². The molecular weight excluding hydrogens is 290 g/mol. The van der Waals surface area contributed by atoms with Gasteiger partial charge >= 0.3 is 17.9 Å². The molecule has 92 valence electrons. The molecule has 0 aliphatic rings. The van der Waals surface area contributed by atoms with Crippen molar-refractivity contribution in [2.45, 2.75) is 16.0 Å². The molecule has 0 aliphatic carbocycles. The summed E-state index contributed by atoms with van der Waals surface area (Å²) in [5, 5.41) is 25.7. The summed E-state index contributed by atoms with van der Waals surface area (Å²) in [7, 11) is 0.